The maximum atomic E-state index is 15.1. The van der Waals surface area contributed by atoms with E-state index in [1.54, 1.807) is 70.5 Å². The molecule has 10 heteroatoms. The van der Waals surface area contributed by atoms with Gasteiger partial charge in [0.15, 0.2) is 23.1 Å². The van der Waals surface area contributed by atoms with Crippen molar-refractivity contribution in [3.8, 4) is 0 Å². The molecule has 2 amide bonds. The van der Waals surface area contributed by atoms with E-state index in [0.717, 1.165) is 51.4 Å². The quantitative estimate of drug-likeness (QED) is 0.0821. The molecule has 2 atom stereocenters. The number of rotatable bonds is 16. The number of thiophene rings is 2. The van der Waals surface area contributed by atoms with Gasteiger partial charge in [-0.1, -0.05) is 115 Å². The van der Waals surface area contributed by atoms with E-state index < -0.39 is 0 Å². The molecule has 2 aliphatic carbocycles. The number of amides is 2. The molecule has 60 heavy (non-hydrogen) atoms. The summed E-state index contributed by atoms with van der Waals surface area (Å²) < 4.78 is 0. The number of ketones is 4. The van der Waals surface area contributed by atoms with Gasteiger partial charge in [0.2, 0.25) is 0 Å². The van der Waals surface area contributed by atoms with E-state index >= 15 is 9.59 Å². The fourth-order valence-corrected chi connectivity index (χ4v) is 10.8. The zero-order chi connectivity index (χ0) is 42.2. The molecule has 2 unspecified atom stereocenters. The van der Waals surface area contributed by atoms with Gasteiger partial charge < -0.3 is 9.80 Å². The highest BCUT2D eigenvalue weighted by atomic mass is 32.1. The average Bonchev–Trinajstić information content (AvgIpc) is 4.11. The van der Waals surface area contributed by atoms with Crippen LogP contribution in [0.5, 0.6) is 0 Å². The second-order valence-electron chi connectivity index (χ2n) is 16.0. The van der Waals surface area contributed by atoms with Crippen LogP contribution >= 0.6 is 22.7 Å². The summed E-state index contributed by atoms with van der Waals surface area (Å²) in [7, 11) is 0. The molecule has 0 saturated carbocycles. The Morgan fingerprint density at radius 3 is 1.17 bits per heavy atom. The van der Waals surface area contributed by atoms with Crippen LogP contribution in [0.4, 0.5) is 0 Å². The number of Topliss-reactive ketones (excluding diaryl/α,β-unsaturated/α-hetero) is 4. The minimum atomic E-state index is -0.311. The van der Waals surface area contributed by atoms with Gasteiger partial charge in [-0.05, 0) is 61.1 Å². The summed E-state index contributed by atoms with van der Waals surface area (Å²) >= 11 is 2.72. The molecular weight excluding hydrogens is 789 g/mol. The minimum Gasteiger partial charge on any atom is -0.306 e. The number of fused-ring (bicyclic) bond motifs is 3. The fourth-order valence-electron chi connectivity index (χ4n) is 8.81. The first-order chi connectivity index (χ1) is 29.1. The van der Waals surface area contributed by atoms with Gasteiger partial charge in [0.1, 0.15) is 0 Å². The highest BCUT2D eigenvalue weighted by Crippen LogP contribution is 2.50. The number of hydrogen-bond acceptors (Lipinski definition) is 8. The Hall–Kier alpha value is -5.58. The number of nitrogens with zero attached hydrogens (tertiary/aromatic N) is 2. The number of benzene rings is 2. The SMILES string of the molecule is CCCCC(CC)CN1C(=O)C2=C(c3ccc(C=C4C(=O)c5ccccc5C4=O)s3)N(CC(CC)CCCC)C(=O)C2=C1c1ccc(C=C2C(=O)c3ccccc3C2=O)s1. The molecular formula is C50H48N2O6S2. The predicted molar refractivity (Wildman–Crippen MR) is 239 cm³/mol. The van der Waals surface area contributed by atoms with E-state index in [1.165, 1.54) is 22.7 Å². The Bertz CT molecular complexity index is 2350. The second-order valence-corrected chi connectivity index (χ2v) is 18.3. The van der Waals surface area contributed by atoms with Gasteiger partial charge in [-0.15, -0.1) is 22.7 Å². The average molecular weight is 837 g/mol. The first-order valence-electron chi connectivity index (χ1n) is 21.2. The van der Waals surface area contributed by atoms with Crippen LogP contribution in [-0.2, 0) is 9.59 Å². The maximum Gasteiger partial charge on any atom is 0.261 e. The zero-order valence-corrected chi connectivity index (χ0v) is 36.1. The summed E-state index contributed by atoms with van der Waals surface area (Å²) in [4.78, 5) is 90.0. The van der Waals surface area contributed by atoms with Crippen molar-refractivity contribution >= 4 is 81.2 Å². The van der Waals surface area contributed by atoms with Gasteiger partial charge in [-0.3, -0.25) is 28.8 Å². The molecule has 0 radical (unpaired) electrons. The van der Waals surface area contributed by atoms with Crippen LogP contribution in [0.25, 0.3) is 23.5 Å². The predicted octanol–water partition coefficient (Wildman–Crippen LogP) is 11.0. The Balaban J connectivity index is 1.25. The number of allylic oxidation sites excluding steroid dienone is 2. The normalized spacial score (nSPS) is 17.1. The molecule has 4 aromatic rings. The fraction of sp³-hybridized carbons (Fsp3) is 0.320. The van der Waals surface area contributed by atoms with Crippen molar-refractivity contribution in [2.24, 2.45) is 11.8 Å². The summed E-state index contributed by atoms with van der Waals surface area (Å²) in [6, 6.07) is 21.1. The Labute approximate surface area is 359 Å². The first-order valence-corrected chi connectivity index (χ1v) is 22.9. The van der Waals surface area contributed by atoms with E-state index in [4.69, 9.17) is 0 Å². The highest BCUT2D eigenvalue weighted by molar-refractivity contribution is 7.14. The molecule has 0 spiro atoms. The minimum absolute atomic E-state index is 0.101. The van der Waals surface area contributed by atoms with Crippen molar-refractivity contribution in [2.75, 3.05) is 13.1 Å². The summed E-state index contributed by atoms with van der Waals surface area (Å²) in [5, 5.41) is 0. The Kier molecular flexibility index (Phi) is 11.8. The first kappa shape index (κ1) is 41.2. The van der Waals surface area contributed by atoms with Gasteiger partial charge in [-0.25, -0.2) is 0 Å². The van der Waals surface area contributed by atoms with Crippen LogP contribution in [0.1, 0.15) is 140 Å². The molecule has 0 N–H and O–H groups in total. The maximum absolute atomic E-state index is 15.1. The van der Waals surface area contributed by atoms with E-state index in [1.807, 2.05) is 24.3 Å². The molecule has 8 nitrogen and oxygen atoms in total. The van der Waals surface area contributed by atoms with Gasteiger partial charge in [0.05, 0.1) is 43.4 Å². The molecule has 4 heterocycles. The number of hydrogen-bond donors (Lipinski definition) is 0. The van der Waals surface area contributed by atoms with Crippen molar-refractivity contribution in [1.29, 1.82) is 0 Å². The van der Waals surface area contributed by atoms with Crippen LogP contribution in [0.15, 0.2) is 95.1 Å². The van der Waals surface area contributed by atoms with Crippen LogP contribution in [0.2, 0.25) is 0 Å². The highest BCUT2D eigenvalue weighted by Gasteiger charge is 2.50. The van der Waals surface area contributed by atoms with Crippen molar-refractivity contribution in [3.05, 3.63) is 137 Å². The number of unbranched alkanes of at least 4 members (excludes halogenated alkanes) is 2. The molecule has 2 aromatic heterocycles. The van der Waals surface area contributed by atoms with E-state index in [9.17, 15) is 19.2 Å². The third kappa shape index (κ3) is 7.23. The lowest BCUT2D eigenvalue weighted by atomic mass is 9.98. The van der Waals surface area contributed by atoms with Crippen LogP contribution in [0.3, 0.4) is 0 Å². The van der Waals surface area contributed by atoms with Crippen molar-refractivity contribution in [2.45, 2.75) is 79.1 Å². The second kappa shape index (κ2) is 17.2. The molecule has 4 aliphatic rings. The lowest BCUT2D eigenvalue weighted by Gasteiger charge is -2.29. The van der Waals surface area contributed by atoms with E-state index in [-0.39, 0.29) is 57.9 Å². The summed E-state index contributed by atoms with van der Waals surface area (Å²) in [5.41, 5.74) is 3.65. The summed E-state index contributed by atoms with van der Waals surface area (Å²) in [6.45, 7) is 9.47. The molecule has 2 aromatic carbocycles. The molecule has 306 valence electrons. The van der Waals surface area contributed by atoms with E-state index in [0.29, 0.717) is 77.4 Å². The smallest absolute Gasteiger partial charge is 0.261 e. The van der Waals surface area contributed by atoms with Gasteiger partial charge in [-0.2, -0.15) is 0 Å². The molecule has 0 fully saturated rings. The third-order valence-corrected chi connectivity index (χ3v) is 14.3. The molecule has 0 saturated heterocycles. The summed E-state index contributed by atoms with van der Waals surface area (Å²) in [6.07, 6.45) is 11.0. The largest absolute Gasteiger partial charge is 0.306 e. The summed E-state index contributed by atoms with van der Waals surface area (Å²) in [5.74, 6) is -1.28. The van der Waals surface area contributed by atoms with Crippen LogP contribution < -0.4 is 0 Å². The molecule has 0 bridgehead atoms. The van der Waals surface area contributed by atoms with Gasteiger partial charge in [0, 0.05) is 45.1 Å². The zero-order valence-electron chi connectivity index (χ0n) is 34.5. The third-order valence-electron chi connectivity index (χ3n) is 12.3. The van der Waals surface area contributed by atoms with Crippen molar-refractivity contribution in [3.63, 3.8) is 0 Å². The standard InChI is InChI=1S/C50H48N2O6S2/c1-5-9-15-29(7-3)27-51-43(39-23-21-31(59-39)25-37-45(53)33-17-11-12-18-34(33)46(37)54)41-42(49(51)57)44(52(50(41)58)28-30(8-4)16-10-6-2)40-24-22-32(60-40)26-38-47(55)35-19-13-14-20-36(35)48(38)56/h11-14,17-26,29-30H,5-10,15-16,27-28H2,1-4H3. The lowest BCUT2D eigenvalue weighted by Crippen LogP contribution is -2.34. The van der Waals surface area contributed by atoms with Crippen molar-refractivity contribution in [1.82, 2.24) is 9.80 Å². The topological polar surface area (TPSA) is 109 Å². The van der Waals surface area contributed by atoms with Gasteiger partial charge >= 0.3 is 0 Å². The lowest BCUT2D eigenvalue weighted by molar-refractivity contribution is -0.124. The van der Waals surface area contributed by atoms with Crippen LogP contribution in [-0.4, -0.2) is 57.8 Å². The monoisotopic (exact) mass is 836 g/mol. The Morgan fingerprint density at radius 1 is 0.500 bits per heavy atom. The van der Waals surface area contributed by atoms with Crippen LogP contribution in [0, 0.1) is 11.8 Å². The van der Waals surface area contributed by atoms with Crippen molar-refractivity contribution < 1.29 is 28.8 Å². The van der Waals surface area contributed by atoms with Gasteiger partial charge in [0.25, 0.3) is 11.8 Å². The number of carbonyl (C=O) groups excluding carboxylic acids is 6. The molecule has 8 rings (SSSR count). The number of carbonyl (C=O) groups is 6. The molecule has 2 aliphatic heterocycles. The van der Waals surface area contributed by atoms with E-state index in [2.05, 4.69) is 27.7 Å². The Morgan fingerprint density at radius 2 is 0.850 bits per heavy atom.